The van der Waals surface area contributed by atoms with Crippen molar-refractivity contribution in [2.45, 2.75) is 38.7 Å². The summed E-state index contributed by atoms with van der Waals surface area (Å²) in [6.45, 7) is 2.90. The summed E-state index contributed by atoms with van der Waals surface area (Å²) in [4.78, 5) is 12.3. The monoisotopic (exact) mass is 328 g/mol. The number of hydrogen-bond acceptors (Lipinski definition) is 4. The number of nitrogens with one attached hydrogen (secondary N) is 1. The molecular formula is C18H24N4O2. The van der Waals surface area contributed by atoms with E-state index in [1.165, 1.54) is 0 Å². The molecule has 1 saturated heterocycles. The van der Waals surface area contributed by atoms with E-state index in [1.54, 1.807) is 6.33 Å². The van der Waals surface area contributed by atoms with Crippen molar-refractivity contribution in [3.8, 4) is 11.4 Å². The van der Waals surface area contributed by atoms with E-state index in [-0.39, 0.29) is 5.91 Å². The highest BCUT2D eigenvalue weighted by molar-refractivity contribution is 5.91. The maximum absolute atomic E-state index is 12.3. The number of rotatable bonds is 5. The fourth-order valence-corrected chi connectivity index (χ4v) is 3.15. The minimum atomic E-state index is 0.0724. The van der Waals surface area contributed by atoms with Crippen LogP contribution in [-0.2, 0) is 16.6 Å². The van der Waals surface area contributed by atoms with Crippen LogP contribution in [0.15, 0.2) is 30.6 Å². The zero-order valence-electron chi connectivity index (χ0n) is 14.2. The molecule has 1 amide bonds. The second-order valence-corrected chi connectivity index (χ2v) is 6.39. The van der Waals surface area contributed by atoms with E-state index in [0.717, 1.165) is 42.9 Å². The summed E-state index contributed by atoms with van der Waals surface area (Å²) in [5.41, 5.74) is 1.79. The van der Waals surface area contributed by atoms with Crippen LogP contribution in [0.3, 0.4) is 0 Å². The van der Waals surface area contributed by atoms with Gasteiger partial charge in [-0.25, -0.2) is 0 Å². The van der Waals surface area contributed by atoms with Gasteiger partial charge in [-0.3, -0.25) is 4.79 Å². The third-order valence-electron chi connectivity index (χ3n) is 4.54. The molecule has 1 aromatic heterocycles. The van der Waals surface area contributed by atoms with Gasteiger partial charge in [0.2, 0.25) is 5.91 Å². The highest BCUT2D eigenvalue weighted by Crippen LogP contribution is 2.25. The quantitative estimate of drug-likeness (QED) is 0.916. The molecule has 0 aliphatic carbocycles. The van der Waals surface area contributed by atoms with Gasteiger partial charge in [0.05, 0.1) is 6.10 Å². The van der Waals surface area contributed by atoms with Crippen molar-refractivity contribution in [3.63, 3.8) is 0 Å². The third-order valence-corrected chi connectivity index (χ3v) is 4.54. The Morgan fingerprint density at radius 3 is 2.83 bits per heavy atom. The van der Waals surface area contributed by atoms with E-state index < -0.39 is 0 Å². The fraction of sp³-hybridized carbons (Fsp3) is 0.500. The summed E-state index contributed by atoms with van der Waals surface area (Å²) in [7, 11) is 1.91. The van der Waals surface area contributed by atoms with Gasteiger partial charge in [-0.1, -0.05) is 6.92 Å². The molecule has 1 aromatic carbocycles. The lowest BCUT2D eigenvalue weighted by atomic mass is 9.91. The maximum Gasteiger partial charge on any atom is 0.224 e. The molecule has 1 fully saturated rings. The van der Waals surface area contributed by atoms with Gasteiger partial charge in [0.15, 0.2) is 5.82 Å². The van der Waals surface area contributed by atoms with E-state index in [4.69, 9.17) is 4.74 Å². The molecule has 0 bridgehead atoms. The topological polar surface area (TPSA) is 69.0 Å². The molecule has 0 saturated carbocycles. The number of amides is 1. The normalized spacial score (nSPS) is 20.8. The molecule has 0 radical (unpaired) electrons. The standard InChI is InChI=1S/C18H24N4O2/c1-3-16-10-13(8-9-24-16)11-17(23)20-15-6-4-14(5-7-15)18-21-19-12-22(18)2/h4-7,12-13,16H,3,8-11H2,1-2H3,(H,20,23)/t13-,16+/m0/s1. The van der Waals surface area contributed by atoms with Crippen molar-refractivity contribution >= 4 is 11.6 Å². The van der Waals surface area contributed by atoms with Gasteiger partial charge in [-0.05, 0) is 49.4 Å². The molecular weight excluding hydrogens is 304 g/mol. The van der Waals surface area contributed by atoms with Crippen LogP contribution in [0.1, 0.15) is 32.6 Å². The van der Waals surface area contributed by atoms with Crippen LogP contribution in [0.4, 0.5) is 5.69 Å². The summed E-state index contributed by atoms with van der Waals surface area (Å²) in [6, 6.07) is 7.70. The van der Waals surface area contributed by atoms with E-state index in [2.05, 4.69) is 22.4 Å². The van der Waals surface area contributed by atoms with Gasteiger partial charge >= 0.3 is 0 Å². The molecule has 0 spiro atoms. The fourth-order valence-electron chi connectivity index (χ4n) is 3.15. The van der Waals surface area contributed by atoms with Gasteiger partial charge in [0.25, 0.3) is 0 Å². The van der Waals surface area contributed by atoms with Crippen LogP contribution in [0, 0.1) is 5.92 Å². The first kappa shape index (κ1) is 16.6. The maximum atomic E-state index is 12.3. The zero-order chi connectivity index (χ0) is 16.9. The Labute approximate surface area is 142 Å². The molecule has 1 N–H and O–H groups in total. The molecule has 3 rings (SSSR count). The Morgan fingerprint density at radius 2 is 2.17 bits per heavy atom. The number of carbonyl (C=O) groups excluding carboxylic acids is 1. The highest BCUT2D eigenvalue weighted by Gasteiger charge is 2.23. The molecule has 2 atom stereocenters. The first-order valence-electron chi connectivity index (χ1n) is 8.51. The van der Waals surface area contributed by atoms with E-state index in [9.17, 15) is 4.79 Å². The van der Waals surface area contributed by atoms with Crippen LogP contribution in [0.2, 0.25) is 0 Å². The lowest BCUT2D eigenvalue weighted by Crippen LogP contribution is -2.28. The Balaban J connectivity index is 1.56. The second kappa shape index (κ2) is 7.57. The smallest absolute Gasteiger partial charge is 0.224 e. The van der Waals surface area contributed by atoms with Gasteiger partial charge < -0.3 is 14.6 Å². The number of carbonyl (C=O) groups is 1. The molecule has 24 heavy (non-hydrogen) atoms. The molecule has 128 valence electrons. The van der Waals surface area contributed by atoms with Crippen LogP contribution < -0.4 is 5.32 Å². The van der Waals surface area contributed by atoms with E-state index in [0.29, 0.717) is 18.4 Å². The average Bonchev–Trinajstić information content (AvgIpc) is 3.01. The Morgan fingerprint density at radius 1 is 1.38 bits per heavy atom. The summed E-state index contributed by atoms with van der Waals surface area (Å²) in [5.74, 6) is 1.30. The Hall–Kier alpha value is -2.21. The summed E-state index contributed by atoms with van der Waals surface area (Å²) < 4.78 is 7.53. The first-order chi connectivity index (χ1) is 11.7. The van der Waals surface area contributed by atoms with Crippen molar-refractivity contribution < 1.29 is 9.53 Å². The SMILES string of the molecule is CC[C@@H]1C[C@@H](CC(=O)Nc2ccc(-c3nncn3C)cc2)CCO1. The predicted octanol–water partition coefficient (Wildman–Crippen LogP) is 3.02. The van der Waals surface area contributed by atoms with Crippen molar-refractivity contribution in [1.82, 2.24) is 14.8 Å². The number of hydrogen-bond donors (Lipinski definition) is 1. The minimum absolute atomic E-state index is 0.0724. The van der Waals surface area contributed by atoms with Gasteiger partial charge in [-0.2, -0.15) is 0 Å². The molecule has 6 heteroatoms. The number of aromatic nitrogens is 3. The number of aryl methyl sites for hydroxylation is 1. The second-order valence-electron chi connectivity index (χ2n) is 6.39. The van der Waals surface area contributed by atoms with E-state index >= 15 is 0 Å². The van der Waals surface area contributed by atoms with Crippen molar-refractivity contribution in [1.29, 1.82) is 0 Å². The summed E-state index contributed by atoms with van der Waals surface area (Å²) >= 11 is 0. The first-order valence-corrected chi connectivity index (χ1v) is 8.51. The Bertz CT molecular complexity index is 681. The number of ether oxygens (including phenoxy) is 1. The highest BCUT2D eigenvalue weighted by atomic mass is 16.5. The van der Waals surface area contributed by atoms with E-state index in [1.807, 2.05) is 35.9 Å². The van der Waals surface area contributed by atoms with Gasteiger partial charge in [0.1, 0.15) is 6.33 Å². The lowest BCUT2D eigenvalue weighted by molar-refractivity contribution is -0.118. The van der Waals surface area contributed by atoms with Crippen molar-refractivity contribution in [3.05, 3.63) is 30.6 Å². The summed E-state index contributed by atoms with van der Waals surface area (Å²) in [6.07, 6.45) is 5.50. The number of benzene rings is 1. The zero-order valence-corrected chi connectivity index (χ0v) is 14.2. The lowest BCUT2D eigenvalue weighted by Gasteiger charge is -2.28. The number of nitrogens with zero attached hydrogens (tertiary/aromatic N) is 3. The van der Waals surface area contributed by atoms with Gasteiger partial charge in [0, 0.05) is 31.3 Å². The summed E-state index contributed by atoms with van der Waals surface area (Å²) in [5, 5.41) is 10.9. The predicted molar refractivity (Wildman–Crippen MR) is 92.4 cm³/mol. The molecule has 6 nitrogen and oxygen atoms in total. The molecule has 1 aliphatic heterocycles. The van der Waals surface area contributed by atoms with Crippen molar-refractivity contribution in [2.75, 3.05) is 11.9 Å². The van der Waals surface area contributed by atoms with Crippen LogP contribution in [-0.4, -0.2) is 33.4 Å². The third kappa shape index (κ3) is 4.00. The van der Waals surface area contributed by atoms with Gasteiger partial charge in [-0.15, -0.1) is 10.2 Å². The molecule has 2 aromatic rings. The van der Waals surface area contributed by atoms with Crippen molar-refractivity contribution in [2.24, 2.45) is 13.0 Å². The van der Waals surface area contributed by atoms with Crippen LogP contribution in [0.5, 0.6) is 0 Å². The number of anilines is 1. The van der Waals surface area contributed by atoms with Crippen LogP contribution >= 0.6 is 0 Å². The molecule has 2 heterocycles. The molecule has 0 unspecified atom stereocenters. The minimum Gasteiger partial charge on any atom is -0.378 e. The van der Waals surface area contributed by atoms with Crippen LogP contribution in [0.25, 0.3) is 11.4 Å². The molecule has 1 aliphatic rings. The average molecular weight is 328 g/mol. The Kier molecular flexibility index (Phi) is 5.25. The largest absolute Gasteiger partial charge is 0.378 e.